The van der Waals surface area contributed by atoms with Gasteiger partial charge in [0.1, 0.15) is 0 Å². The minimum Gasteiger partial charge on any atom is -0.383 e. The number of hydrogen-bond acceptors (Lipinski definition) is 5. The number of thiazole rings is 1. The summed E-state index contributed by atoms with van der Waals surface area (Å²) in [4.78, 5) is 8.73. The van der Waals surface area contributed by atoms with Gasteiger partial charge in [-0.05, 0) is 33.2 Å². The number of nitrogens with one attached hydrogen (secondary N) is 1. The summed E-state index contributed by atoms with van der Waals surface area (Å²) in [6.45, 7) is 10.2. The van der Waals surface area contributed by atoms with Gasteiger partial charge < -0.3 is 15.0 Å². The lowest BCUT2D eigenvalue weighted by Gasteiger charge is -2.25. The second-order valence-corrected chi connectivity index (χ2v) is 6.70. The largest absolute Gasteiger partial charge is 0.383 e. The Morgan fingerprint density at radius 2 is 2.20 bits per heavy atom. The van der Waals surface area contributed by atoms with Gasteiger partial charge in [0.25, 0.3) is 0 Å². The van der Waals surface area contributed by atoms with Gasteiger partial charge in [-0.2, -0.15) is 0 Å². The summed E-state index contributed by atoms with van der Waals surface area (Å²) in [5.41, 5.74) is 1.34. The summed E-state index contributed by atoms with van der Waals surface area (Å²) in [5.74, 6) is 0.713. The lowest BCUT2D eigenvalue weighted by Crippen LogP contribution is -2.33. The van der Waals surface area contributed by atoms with Gasteiger partial charge in [-0.1, -0.05) is 6.92 Å². The van der Waals surface area contributed by atoms with Crippen LogP contribution in [0.1, 0.15) is 50.1 Å². The van der Waals surface area contributed by atoms with Crippen LogP contribution in [0.5, 0.6) is 0 Å². The van der Waals surface area contributed by atoms with Crippen molar-refractivity contribution in [1.82, 2.24) is 10.3 Å². The smallest absolute Gasteiger partial charge is 0.186 e. The molecule has 0 bridgehead atoms. The van der Waals surface area contributed by atoms with E-state index in [9.17, 15) is 0 Å². The minimum atomic E-state index is 0.454. The first-order valence-corrected chi connectivity index (χ1v) is 8.44. The third kappa shape index (κ3) is 3.93. The van der Waals surface area contributed by atoms with E-state index >= 15 is 0 Å². The Morgan fingerprint density at radius 3 is 2.75 bits per heavy atom. The van der Waals surface area contributed by atoms with Gasteiger partial charge in [-0.25, -0.2) is 4.98 Å². The van der Waals surface area contributed by atoms with Crippen LogP contribution in [-0.2, 0) is 11.3 Å². The standard InChI is InChI=1S/C15H27N3OS/c1-5-16-10-13-14(12-6-7-12)17-15(20-13)18(11(2)3)8-9-19-4/h11-12,16H,5-10H2,1-4H3. The number of nitrogens with zero attached hydrogens (tertiary/aromatic N) is 2. The average Bonchev–Trinajstić information content (AvgIpc) is 3.18. The fourth-order valence-electron chi connectivity index (χ4n) is 2.28. The predicted octanol–water partition coefficient (Wildman–Crippen LogP) is 2.99. The van der Waals surface area contributed by atoms with E-state index in [1.165, 1.54) is 23.4 Å². The molecule has 1 aliphatic carbocycles. The maximum atomic E-state index is 5.23. The fourth-order valence-corrected chi connectivity index (χ4v) is 3.55. The molecule has 20 heavy (non-hydrogen) atoms. The van der Waals surface area contributed by atoms with Gasteiger partial charge in [-0.15, -0.1) is 11.3 Å². The first-order chi connectivity index (χ1) is 9.67. The number of aromatic nitrogens is 1. The Kier molecular flexibility index (Phi) is 5.81. The third-order valence-electron chi connectivity index (χ3n) is 3.62. The van der Waals surface area contributed by atoms with Crippen LogP contribution in [0.3, 0.4) is 0 Å². The van der Waals surface area contributed by atoms with E-state index in [4.69, 9.17) is 9.72 Å². The van der Waals surface area contributed by atoms with E-state index in [1.807, 2.05) is 11.3 Å². The Labute approximate surface area is 126 Å². The Bertz CT molecular complexity index is 415. The predicted molar refractivity (Wildman–Crippen MR) is 85.8 cm³/mol. The van der Waals surface area contributed by atoms with Crippen molar-refractivity contribution in [1.29, 1.82) is 0 Å². The van der Waals surface area contributed by atoms with Gasteiger partial charge in [0.15, 0.2) is 5.13 Å². The zero-order chi connectivity index (χ0) is 14.5. The topological polar surface area (TPSA) is 37.4 Å². The SMILES string of the molecule is CCNCc1sc(N(CCOC)C(C)C)nc1C1CC1. The van der Waals surface area contributed by atoms with Crippen LogP contribution in [-0.4, -0.2) is 37.8 Å². The second kappa shape index (κ2) is 7.38. The highest BCUT2D eigenvalue weighted by molar-refractivity contribution is 7.15. The quantitative estimate of drug-likeness (QED) is 0.760. The zero-order valence-electron chi connectivity index (χ0n) is 13.1. The molecule has 0 aromatic carbocycles. The molecule has 0 radical (unpaired) electrons. The minimum absolute atomic E-state index is 0.454. The molecule has 1 heterocycles. The summed E-state index contributed by atoms with van der Waals surface area (Å²) in [6, 6.07) is 0.454. The summed E-state index contributed by atoms with van der Waals surface area (Å²) < 4.78 is 5.23. The molecular weight excluding hydrogens is 270 g/mol. The van der Waals surface area contributed by atoms with Crippen molar-refractivity contribution in [2.45, 2.75) is 52.1 Å². The monoisotopic (exact) mass is 297 g/mol. The number of anilines is 1. The highest BCUT2D eigenvalue weighted by Crippen LogP contribution is 2.44. The number of methoxy groups -OCH3 is 1. The maximum absolute atomic E-state index is 5.23. The first kappa shape index (κ1) is 15.7. The Balaban J connectivity index is 2.16. The van der Waals surface area contributed by atoms with Crippen LogP contribution < -0.4 is 10.2 Å². The molecule has 1 saturated carbocycles. The van der Waals surface area contributed by atoms with Gasteiger partial charge >= 0.3 is 0 Å². The van der Waals surface area contributed by atoms with Gasteiger partial charge in [0.05, 0.1) is 12.3 Å². The van der Waals surface area contributed by atoms with Crippen molar-refractivity contribution in [3.8, 4) is 0 Å². The molecule has 114 valence electrons. The Morgan fingerprint density at radius 1 is 1.45 bits per heavy atom. The second-order valence-electron chi connectivity index (χ2n) is 5.64. The summed E-state index contributed by atoms with van der Waals surface area (Å²) in [6.07, 6.45) is 2.62. The van der Waals surface area contributed by atoms with E-state index < -0.39 is 0 Å². The molecule has 1 fully saturated rings. The number of ether oxygens (including phenoxy) is 1. The first-order valence-electron chi connectivity index (χ1n) is 7.63. The van der Waals surface area contributed by atoms with Crippen LogP contribution in [0.25, 0.3) is 0 Å². The van der Waals surface area contributed by atoms with Crippen LogP contribution in [0.4, 0.5) is 5.13 Å². The molecule has 0 unspecified atom stereocenters. The normalized spacial score (nSPS) is 15.1. The Hall–Kier alpha value is -0.650. The molecule has 0 spiro atoms. The summed E-state index contributed by atoms with van der Waals surface area (Å²) in [5, 5.41) is 4.60. The van der Waals surface area contributed by atoms with E-state index in [0.717, 1.165) is 31.4 Å². The molecule has 1 aromatic rings. The highest BCUT2D eigenvalue weighted by atomic mass is 32.1. The molecule has 1 aliphatic rings. The summed E-state index contributed by atoms with van der Waals surface area (Å²) in [7, 11) is 1.76. The zero-order valence-corrected chi connectivity index (χ0v) is 13.9. The van der Waals surface area contributed by atoms with Gasteiger partial charge in [0, 0.05) is 37.0 Å². The van der Waals surface area contributed by atoms with Crippen LogP contribution in [0.2, 0.25) is 0 Å². The lowest BCUT2D eigenvalue weighted by atomic mass is 10.2. The molecule has 5 heteroatoms. The van der Waals surface area contributed by atoms with E-state index in [2.05, 4.69) is 31.0 Å². The van der Waals surface area contributed by atoms with Crippen LogP contribution in [0, 0.1) is 0 Å². The van der Waals surface area contributed by atoms with E-state index in [0.29, 0.717) is 12.0 Å². The number of hydrogen-bond donors (Lipinski definition) is 1. The van der Waals surface area contributed by atoms with Crippen molar-refractivity contribution in [2.24, 2.45) is 0 Å². The van der Waals surface area contributed by atoms with Crippen LogP contribution in [0.15, 0.2) is 0 Å². The molecule has 0 saturated heterocycles. The molecule has 1 N–H and O–H groups in total. The lowest BCUT2D eigenvalue weighted by molar-refractivity contribution is 0.204. The third-order valence-corrected chi connectivity index (χ3v) is 4.73. The van der Waals surface area contributed by atoms with Crippen molar-refractivity contribution >= 4 is 16.5 Å². The van der Waals surface area contributed by atoms with E-state index in [-0.39, 0.29) is 0 Å². The van der Waals surface area contributed by atoms with Crippen molar-refractivity contribution in [3.05, 3.63) is 10.6 Å². The van der Waals surface area contributed by atoms with E-state index in [1.54, 1.807) is 7.11 Å². The van der Waals surface area contributed by atoms with Crippen molar-refractivity contribution in [3.63, 3.8) is 0 Å². The van der Waals surface area contributed by atoms with Crippen LogP contribution >= 0.6 is 11.3 Å². The van der Waals surface area contributed by atoms with Gasteiger partial charge in [-0.3, -0.25) is 0 Å². The van der Waals surface area contributed by atoms with Gasteiger partial charge in [0.2, 0.25) is 0 Å². The van der Waals surface area contributed by atoms with Crippen molar-refractivity contribution in [2.75, 3.05) is 31.7 Å². The molecule has 0 atom stereocenters. The fraction of sp³-hybridized carbons (Fsp3) is 0.800. The number of rotatable bonds is 9. The maximum Gasteiger partial charge on any atom is 0.186 e. The summed E-state index contributed by atoms with van der Waals surface area (Å²) >= 11 is 1.85. The molecule has 0 aliphatic heterocycles. The molecule has 0 amide bonds. The molecule has 4 nitrogen and oxygen atoms in total. The molecular formula is C15H27N3OS. The highest BCUT2D eigenvalue weighted by Gasteiger charge is 2.30. The average molecular weight is 297 g/mol. The van der Waals surface area contributed by atoms with Crippen molar-refractivity contribution < 1.29 is 4.74 Å². The molecule has 1 aromatic heterocycles. The molecule has 2 rings (SSSR count).